The summed E-state index contributed by atoms with van der Waals surface area (Å²) in [4.78, 5) is 34.1. The predicted octanol–water partition coefficient (Wildman–Crippen LogP) is 4.65. The molecule has 0 aliphatic carbocycles. The van der Waals surface area contributed by atoms with Crippen LogP contribution in [-0.2, 0) is 6.54 Å². The summed E-state index contributed by atoms with van der Waals surface area (Å²) in [5.41, 5.74) is 10.6. The third kappa shape index (κ3) is 5.28. The summed E-state index contributed by atoms with van der Waals surface area (Å²) in [6.07, 6.45) is 8.16. The number of nitrogens with one attached hydrogen (secondary N) is 2. The molecular weight excluding hydrogens is 464 g/mol. The van der Waals surface area contributed by atoms with Crippen LogP contribution in [0.25, 0.3) is 27.7 Å². The standard InChI is InChI=1S/C29H30N6O2/c1-5-9-21(12-13-30)26-15-23(24-17-32-35(18(2)3)27(24)34-26)28(36)31-16-25-22(14-19(4)33-29(25)37)20-10-7-6-8-11-20/h5-15,17-18H,1,16,30H2,2-4H3,(H,31,36)(H,33,37)/b13-12-,21-9+. The number of fused-ring (bicyclic) bond motifs is 1. The highest BCUT2D eigenvalue weighted by atomic mass is 16.1. The molecule has 1 amide bonds. The maximum absolute atomic E-state index is 13.6. The SMILES string of the molecule is C=C/C=C(\C=C/N)c1cc(C(=O)NCc2c(-c3ccccc3)cc(C)[nH]c2=O)c2cnn(C(C)C)c2n1. The minimum Gasteiger partial charge on any atom is -0.405 e. The number of carbonyl (C=O) groups excluding carboxylic acids is 1. The first-order chi connectivity index (χ1) is 17.8. The predicted molar refractivity (Wildman–Crippen MR) is 148 cm³/mol. The summed E-state index contributed by atoms with van der Waals surface area (Å²) in [7, 11) is 0. The Kier molecular flexibility index (Phi) is 7.48. The number of aryl methyl sites for hydroxylation is 1. The van der Waals surface area contributed by atoms with Crippen molar-refractivity contribution in [1.29, 1.82) is 0 Å². The number of rotatable bonds is 8. The first-order valence-corrected chi connectivity index (χ1v) is 12.0. The van der Waals surface area contributed by atoms with Gasteiger partial charge in [0.2, 0.25) is 0 Å². The number of amides is 1. The van der Waals surface area contributed by atoms with Crippen LogP contribution in [0.4, 0.5) is 0 Å². The molecule has 0 atom stereocenters. The molecule has 0 fully saturated rings. The molecule has 0 saturated carbocycles. The third-order valence-electron chi connectivity index (χ3n) is 5.95. The number of H-pyrrole nitrogens is 1. The van der Waals surface area contributed by atoms with Crippen LogP contribution in [-0.4, -0.2) is 25.7 Å². The second-order valence-electron chi connectivity index (χ2n) is 8.91. The highest BCUT2D eigenvalue weighted by Crippen LogP contribution is 2.26. The highest BCUT2D eigenvalue weighted by molar-refractivity contribution is 6.06. The van der Waals surface area contributed by atoms with Crippen molar-refractivity contribution in [2.24, 2.45) is 5.73 Å². The van der Waals surface area contributed by atoms with E-state index in [0.29, 0.717) is 33.4 Å². The maximum Gasteiger partial charge on any atom is 0.253 e. The molecule has 0 bridgehead atoms. The topological polar surface area (TPSA) is 119 Å². The lowest BCUT2D eigenvalue weighted by atomic mass is 10.00. The molecule has 188 valence electrons. The van der Waals surface area contributed by atoms with Gasteiger partial charge in [0.05, 0.1) is 22.8 Å². The van der Waals surface area contributed by atoms with Gasteiger partial charge in [-0.2, -0.15) is 5.10 Å². The summed E-state index contributed by atoms with van der Waals surface area (Å²) < 4.78 is 1.77. The highest BCUT2D eigenvalue weighted by Gasteiger charge is 2.20. The average Bonchev–Trinajstić information content (AvgIpc) is 3.32. The molecule has 4 N–H and O–H groups in total. The first-order valence-electron chi connectivity index (χ1n) is 12.0. The molecule has 3 heterocycles. The van der Waals surface area contributed by atoms with Gasteiger partial charge in [0.25, 0.3) is 11.5 Å². The van der Waals surface area contributed by atoms with E-state index in [-0.39, 0.29) is 24.1 Å². The lowest BCUT2D eigenvalue weighted by Crippen LogP contribution is -2.28. The Bertz CT molecular complexity index is 1580. The Morgan fingerprint density at radius 3 is 2.68 bits per heavy atom. The Morgan fingerprint density at radius 1 is 1.24 bits per heavy atom. The second kappa shape index (κ2) is 10.9. The van der Waals surface area contributed by atoms with E-state index in [1.807, 2.05) is 57.2 Å². The molecule has 4 aromatic rings. The number of allylic oxidation sites excluding steroid dienone is 4. The zero-order chi connectivity index (χ0) is 26.5. The van der Waals surface area contributed by atoms with Crippen LogP contribution in [0, 0.1) is 6.92 Å². The summed E-state index contributed by atoms with van der Waals surface area (Å²) in [5, 5.41) is 8.02. The van der Waals surface area contributed by atoms with Gasteiger partial charge in [-0.25, -0.2) is 9.67 Å². The number of nitrogens with zero attached hydrogens (tertiary/aromatic N) is 3. The fourth-order valence-corrected chi connectivity index (χ4v) is 4.22. The second-order valence-corrected chi connectivity index (χ2v) is 8.91. The van der Waals surface area contributed by atoms with Gasteiger partial charge in [0.15, 0.2) is 5.65 Å². The van der Waals surface area contributed by atoms with Crippen molar-refractivity contribution < 1.29 is 4.79 Å². The molecule has 3 aromatic heterocycles. The molecule has 4 rings (SSSR count). The Morgan fingerprint density at radius 2 is 2.00 bits per heavy atom. The summed E-state index contributed by atoms with van der Waals surface area (Å²) in [6.45, 7) is 9.64. The van der Waals surface area contributed by atoms with E-state index < -0.39 is 0 Å². The number of benzene rings is 1. The van der Waals surface area contributed by atoms with Crippen LogP contribution in [0.15, 0.2) is 84.5 Å². The monoisotopic (exact) mass is 494 g/mol. The molecule has 0 unspecified atom stereocenters. The molecular formula is C29H30N6O2. The van der Waals surface area contributed by atoms with Crippen molar-refractivity contribution in [3.05, 3.63) is 113 Å². The van der Waals surface area contributed by atoms with Crippen molar-refractivity contribution >= 4 is 22.5 Å². The van der Waals surface area contributed by atoms with Crippen molar-refractivity contribution in [2.75, 3.05) is 0 Å². The van der Waals surface area contributed by atoms with Gasteiger partial charge in [-0.15, -0.1) is 0 Å². The molecule has 8 nitrogen and oxygen atoms in total. The van der Waals surface area contributed by atoms with Crippen molar-refractivity contribution in [2.45, 2.75) is 33.4 Å². The average molecular weight is 495 g/mol. The van der Waals surface area contributed by atoms with E-state index in [9.17, 15) is 9.59 Å². The Hall–Kier alpha value is -4.72. The van der Waals surface area contributed by atoms with E-state index in [1.54, 1.807) is 35.2 Å². The summed E-state index contributed by atoms with van der Waals surface area (Å²) >= 11 is 0. The van der Waals surface area contributed by atoms with Crippen LogP contribution in [0.2, 0.25) is 0 Å². The Balaban J connectivity index is 1.77. The molecule has 0 radical (unpaired) electrons. The number of aromatic amines is 1. The minimum atomic E-state index is -0.342. The lowest BCUT2D eigenvalue weighted by Gasteiger charge is -2.13. The molecule has 0 aliphatic heterocycles. The van der Waals surface area contributed by atoms with E-state index in [1.165, 1.54) is 6.20 Å². The van der Waals surface area contributed by atoms with Crippen LogP contribution in [0.3, 0.4) is 0 Å². The van der Waals surface area contributed by atoms with Crippen molar-refractivity contribution in [1.82, 2.24) is 25.1 Å². The van der Waals surface area contributed by atoms with E-state index in [2.05, 4.69) is 22.0 Å². The van der Waals surface area contributed by atoms with E-state index >= 15 is 0 Å². The molecule has 0 spiro atoms. The van der Waals surface area contributed by atoms with Gasteiger partial charge in [-0.3, -0.25) is 9.59 Å². The summed E-state index contributed by atoms with van der Waals surface area (Å²) in [5.74, 6) is -0.342. The van der Waals surface area contributed by atoms with E-state index in [4.69, 9.17) is 10.7 Å². The number of hydrogen-bond donors (Lipinski definition) is 3. The van der Waals surface area contributed by atoms with Crippen LogP contribution >= 0.6 is 0 Å². The normalized spacial score (nSPS) is 11.9. The molecule has 8 heteroatoms. The number of nitrogens with two attached hydrogens (primary N) is 1. The molecule has 1 aromatic carbocycles. The zero-order valence-electron chi connectivity index (χ0n) is 21.2. The molecule has 0 aliphatic rings. The largest absolute Gasteiger partial charge is 0.405 e. The minimum absolute atomic E-state index is 0.0348. The number of aromatic nitrogens is 4. The maximum atomic E-state index is 13.6. The van der Waals surface area contributed by atoms with Crippen molar-refractivity contribution in [3.8, 4) is 11.1 Å². The molecule has 37 heavy (non-hydrogen) atoms. The van der Waals surface area contributed by atoms with Gasteiger partial charge in [-0.1, -0.05) is 49.1 Å². The lowest BCUT2D eigenvalue weighted by molar-refractivity contribution is 0.0952. The van der Waals surface area contributed by atoms with Gasteiger partial charge in [0.1, 0.15) is 0 Å². The number of carbonyl (C=O) groups is 1. The van der Waals surface area contributed by atoms with Gasteiger partial charge < -0.3 is 16.0 Å². The number of pyridine rings is 2. The number of hydrogen-bond acceptors (Lipinski definition) is 5. The quantitative estimate of drug-likeness (QED) is 0.308. The van der Waals surface area contributed by atoms with E-state index in [0.717, 1.165) is 16.8 Å². The van der Waals surface area contributed by atoms with Gasteiger partial charge >= 0.3 is 0 Å². The van der Waals surface area contributed by atoms with Crippen LogP contribution < -0.4 is 16.6 Å². The fraction of sp³-hybridized carbons (Fsp3) is 0.172. The first kappa shape index (κ1) is 25.4. The zero-order valence-corrected chi connectivity index (χ0v) is 21.2. The van der Waals surface area contributed by atoms with Crippen LogP contribution in [0.1, 0.15) is 47.2 Å². The molecule has 0 saturated heterocycles. The fourth-order valence-electron chi connectivity index (χ4n) is 4.22. The van der Waals surface area contributed by atoms with Gasteiger partial charge in [0, 0.05) is 29.4 Å². The van der Waals surface area contributed by atoms with Crippen molar-refractivity contribution in [3.63, 3.8) is 0 Å². The summed E-state index contributed by atoms with van der Waals surface area (Å²) in [6, 6.07) is 13.3. The smallest absolute Gasteiger partial charge is 0.253 e. The Labute approximate surface area is 215 Å². The van der Waals surface area contributed by atoms with Gasteiger partial charge in [-0.05, 0) is 56.3 Å². The third-order valence-corrected chi connectivity index (χ3v) is 5.95. The van der Waals surface area contributed by atoms with Crippen LogP contribution in [0.5, 0.6) is 0 Å².